The number of carboxylic acid groups (broad SMARTS) is 1. The number of carbonyl (C=O) groups excluding carboxylic acids is 6. The quantitative estimate of drug-likeness (QED) is 0.110. The number of carbonyl (C=O) groups is 7. The van der Waals surface area contributed by atoms with Gasteiger partial charge in [0.1, 0.15) is 31.0 Å². The Kier molecular flexibility index (Phi) is 25.9. The van der Waals surface area contributed by atoms with Gasteiger partial charge in [0, 0.05) is 58.5 Å². The number of piperidine rings is 2. The highest BCUT2D eigenvalue weighted by atomic mass is 35.6. The zero-order valence-electron chi connectivity index (χ0n) is 38.0. The van der Waals surface area contributed by atoms with E-state index in [1.807, 2.05) is 0 Å². The number of hydrogen-bond acceptors (Lipinski definition) is 14. The third kappa shape index (κ3) is 23.5. The van der Waals surface area contributed by atoms with Crippen LogP contribution in [0.25, 0.3) is 0 Å². The van der Waals surface area contributed by atoms with Crippen molar-refractivity contribution in [3.05, 3.63) is 0 Å². The summed E-state index contributed by atoms with van der Waals surface area (Å²) in [4.78, 5) is 87.2. The van der Waals surface area contributed by atoms with Crippen LogP contribution in [0.1, 0.15) is 92.4 Å². The third-order valence-electron chi connectivity index (χ3n) is 10.9. The predicted octanol–water partition coefficient (Wildman–Crippen LogP) is 4.80. The van der Waals surface area contributed by atoms with Crippen molar-refractivity contribution in [2.24, 2.45) is 29.6 Å². The van der Waals surface area contributed by atoms with Crippen LogP contribution in [-0.2, 0) is 57.2 Å². The number of rotatable bonds is 13. The Hall–Kier alpha value is -2.13. The lowest BCUT2D eigenvalue weighted by atomic mass is 9.93. The number of esters is 3. The maximum atomic E-state index is 12.7. The number of nitrogens with one attached hydrogen (secondary N) is 1. The molecule has 0 aromatic heterocycles. The van der Waals surface area contributed by atoms with E-state index in [1.54, 1.807) is 39.5 Å². The van der Waals surface area contributed by atoms with Crippen LogP contribution in [0, 0.1) is 29.6 Å². The Bertz CT molecular complexity index is 1600. The summed E-state index contributed by atoms with van der Waals surface area (Å²) in [5.41, 5.74) is -0.595. The summed E-state index contributed by atoms with van der Waals surface area (Å²) in [5.74, 6) is -5.47. The van der Waals surface area contributed by atoms with Crippen molar-refractivity contribution in [2.75, 3.05) is 65.8 Å². The molecule has 6 atom stereocenters. The normalized spacial score (nSPS) is 21.8. The van der Waals surface area contributed by atoms with Gasteiger partial charge in [-0.1, -0.05) is 76.5 Å². The van der Waals surface area contributed by atoms with E-state index in [1.165, 1.54) is 4.90 Å². The molecule has 4 fully saturated rings. The van der Waals surface area contributed by atoms with Crippen LogP contribution in [0.5, 0.6) is 0 Å². The fourth-order valence-electron chi connectivity index (χ4n) is 7.43. The van der Waals surface area contributed by atoms with Crippen molar-refractivity contribution < 1.29 is 72.6 Å². The summed E-state index contributed by atoms with van der Waals surface area (Å²) >= 11 is 33.5. The summed E-state index contributed by atoms with van der Waals surface area (Å²) in [7, 11) is 0. The monoisotopic (exact) mass is 1060 g/mol. The SMILES string of the molecule is C[C@H](CC(=O)OC(C)(C)C)C(=O)N1CCC[C@@H](C(=O)OCC(Cl)(Cl)Cl)C1.C[C@H](NC(=O)[C@@H](O)C1CCOCC1)C(=O)N1CCC[C@@H](C(=O)OCC(Cl)(Cl)Cl)C1.O=C(O)[C@@H](O)C1CCOCC1. The van der Waals surface area contributed by atoms with Crippen LogP contribution in [0.15, 0.2) is 0 Å². The number of amides is 3. The van der Waals surface area contributed by atoms with Crippen molar-refractivity contribution in [1.29, 1.82) is 0 Å². The molecule has 3 amide bonds. The molecule has 18 nitrogen and oxygen atoms in total. The van der Waals surface area contributed by atoms with Gasteiger partial charge in [-0.15, -0.1) is 0 Å². The van der Waals surface area contributed by atoms with Crippen molar-refractivity contribution >= 4 is 111 Å². The number of nitrogens with zero attached hydrogens (tertiary/aromatic N) is 2. The highest BCUT2D eigenvalue weighted by Crippen LogP contribution is 2.29. The highest BCUT2D eigenvalue weighted by molar-refractivity contribution is 6.68. The molecule has 380 valence electrons. The minimum atomic E-state index is -1.69. The average Bonchev–Trinajstić information content (AvgIpc) is 3.26. The highest BCUT2D eigenvalue weighted by Gasteiger charge is 2.37. The van der Waals surface area contributed by atoms with Gasteiger partial charge in [0.2, 0.25) is 25.3 Å². The van der Waals surface area contributed by atoms with Gasteiger partial charge in [0.15, 0.2) is 6.10 Å². The van der Waals surface area contributed by atoms with Crippen LogP contribution in [0.3, 0.4) is 0 Å². The van der Waals surface area contributed by atoms with Crippen LogP contribution < -0.4 is 5.32 Å². The molecule has 0 unspecified atom stereocenters. The predicted molar refractivity (Wildman–Crippen MR) is 245 cm³/mol. The minimum Gasteiger partial charge on any atom is -0.479 e. The molecule has 0 bridgehead atoms. The molecule has 4 saturated heterocycles. The Morgan fingerprint density at radius 1 is 0.667 bits per heavy atom. The van der Waals surface area contributed by atoms with Crippen molar-refractivity contribution in [3.8, 4) is 0 Å². The molecule has 0 spiro atoms. The fourth-order valence-corrected chi connectivity index (χ4v) is 7.75. The number of halogens is 6. The van der Waals surface area contributed by atoms with E-state index in [9.17, 15) is 38.7 Å². The molecule has 4 heterocycles. The van der Waals surface area contributed by atoms with E-state index in [0.29, 0.717) is 90.9 Å². The van der Waals surface area contributed by atoms with Gasteiger partial charge in [-0.25, -0.2) is 4.79 Å². The number of aliphatic carboxylic acids is 1. The van der Waals surface area contributed by atoms with Gasteiger partial charge in [-0.2, -0.15) is 0 Å². The molecule has 0 saturated carbocycles. The van der Waals surface area contributed by atoms with Crippen molar-refractivity contribution in [1.82, 2.24) is 15.1 Å². The maximum absolute atomic E-state index is 12.7. The lowest BCUT2D eigenvalue weighted by molar-refractivity contribution is -0.159. The number of ether oxygens (including phenoxy) is 5. The van der Waals surface area contributed by atoms with E-state index in [4.69, 9.17) is 104 Å². The fraction of sp³-hybridized carbons (Fsp3) is 0.833. The molecule has 4 rings (SSSR count). The van der Waals surface area contributed by atoms with E-state index in [-0.39, 0.29) is 56.4 Å². The molecule has 4 aliphatic heterocycles. The largest absolute Gasteiger partial charge is 0.479 e. The minimum absolute atomic E-state index is 0.00498. The molecule has 4 aliphatic rings. The molecule has 0 aromatic rings. The van der Waals surface area contributed by atoms with Crippen molar-refractivity contribution in [2.45, 2.75) is 124 Å². The number of hydrogen-bond donors (Lipinski definition) is 4. The Morgan fingerprint density at radius 2 is 1.08 bits per heavy atom. The molecule has 66 heavy (non-hydrogen) atoms. The van der Waals surface area contributed by atoms with Crippen LogP contribution in [0.2, 0.25) is 0 Å². The average molecular weight is 1060 g/mol. The van der Waals surface area contributed by atoms with Crippen LogP contribution in [-0.4, -0.2) is 164 Å². The Morgan fingerprint density at radius 3 is 1.47 bits per heavy atom. The second-order valence-corrected chi connectivity index (χ2v) is 22.8. The van der Waals surface area contributed by atoms with Crippen LogP contribution >= 0.6 is 69.6 Å². The van der Waals surface area contributed by atoms with Gasteiger partial charge in [-0.05, 0) is 90.9 Å². The summed E-state index contributed by atoms with van der Waals surface area (Å²) in [6, 6.07) is -0.826. The summed E-state index contributed by atoms with van der Waals surface area (Å²) in [5, 5.41) is 30.4. The van der Waals surface area contributed by atoms with E-state index < -0.39 is 79.0 Å². The van der Waals surface area contributed by atoms with Gasteiger partial charge in [0.05, 0.1) is 18.3 Å². The number of carboxylic acids is 1. The first-order valence-corrected chi connectivity index (χ1v) is 24.2. The summed E-state index contributed by atoms with van der Waals surface area (Å²) < 4.78 is 22.2. The molecule has 0 aromatic carbocycles. The Labute approximate surface area is 416 Å². The standard InChI is InChI=1S/C18H27Cl3N2O6.C17H26Cl3NO5.C7H12O4/c1-11(22-15(25)14(24)12-4-7-28-8-5-12)16(26)23-6-2-3-13(9-23)17(27)29-10-18(19,20)21;1-11(8-13(22)26-16(2,3)4)14(23)21-7-5-6-12(9-21)15(24)25-10-17(18,19)20;8-6(7(9)10)5-1-3-11-4-2-5/h11-14,24H,2-10H2,1H3,(H,22,25);11-12H,5-10H2,1-4H3;5-6,8H,1-4H2,(H,9,10)/t11-,13+,14-;11-,12-;6-/m010/s1. The van der Waals surface area contributed by atoms with Gasteiger partial charge in [-0.3, -0.25) is 28.8 Å². The van der Waals surface area contributed by atoms with Gasteiger partial charge in [0.25, 0.3) is 0 Å². The van der Waals surface area contributed by atoms with Gasteiger partial charge < -0.3 is 54.1 Å². The smallest absolute Gasteiger partial charge is 0.332 e. The lowest BCUT2D eigenvalue weighted by Crippen LogP contribution is -2.53. The third-order valence-corrected chi connectivity index (χ3v) is 11.5. The molecule has 24 heteroatoms. The molecule has 0 radical (unpaired) electrons. The Balaban J connectivity index is 0.000000371. The van der Waals surface area contributed by atoms with Crippen LogP contribution in [0.4, 0.5) is 0 Å². The second kappa shape index (κ2) is 28.5. The molecular weight excluding hydrogens is 999 g/mol. The first-order valence-electron chi connectivity index (χ1n) is 21.9. The zero-order chi connectivity index (χ0) is 50.0. The maximum Gasteiger partial charge on any atom is 0.332 e. The second-order valence-electron chi connectivity index (χ2n) is 17.7. The molecule has 0 aliphatic carbocycles. The first kappa shape index (κ1) is 60.0. The number of aliphatic hydroxyl groups is 2. The van der Waals surface area contributed by atoms with Gasteiger partial charge >= 0.3 is 23.9 Å². The van der Waals surface area contributed by atoms with E-state index in [2.05, 4.69) is 5.32 Å². The topological polar surface area (TPSA) is 245 Å². The lowest BCUT2D eigenvalue weighted by Gasteiger charge is -2.34. The van der Waals surface area contributed by atoms with Crippen molar-refractivity contribution in [3.63, 3.8) is 0 Å². The number of aliphatic hydroxyl groups excluding tert-OH is 2. The zero-order valence-corrected chi connectivity index (χ0v) is 42.5. The summed E-state index contributed by atoms with van der Waals surface area (Å²) in [6.45, 7) is 11.4. The number of likely N-dealkylation sites (tertiary alicyclic amines) is 2. The van der Waals surface area contributed by atoms with E-state index >= 15 is 0 Å². The first-order chi connectivity index (χ1) is 30.6. The number of alkyl halides is 6. The summed E-state index contributed by atoms with van der Waals surface area (Å²) in [6.07, 6.45) is 2.54. The molecule has 4 N–H and O–H groups in total. The van der Waals surface area contributed by atoms with E-state index in [0.717, 1.165) is 0 Å². The molecular formula is C42H65Cl6N3O15.